The lowest BCUT2D eigenvalue weighted by Crippen LogP contribution is -2.46. The van der Waals surface area contributed by atoms with Crippen molar-refractivity contribution in [2.45, 2.75) is 19.3 Å². The Balaban J connectivity index is 1.62. The number of hydrogen-bond acceptors (Lipinski definition) is 3. The quantitative estimate of drug-likeness (QED) is 0.855. The highest BCUT2D eigenvalue weighted by Crippen LogP contribution is 2.39. The van der Waals surface area contributed by atoms with Crippen molar-refractivity contribution in [1.29, 1.82) is 0 Å². The van der Waals surface area contributed by atoms with Crippen LogP contribution in [0.25, 0.3) is 0 Å². The number of ether oxygens (including phenoxy) is 1. The third-order valence-electron chi connectivity index (χ3n) is 5.10. The van der Waals surface area contributed by atoms with E-state index in [2.05, 4.69) is 9.80 Å². The lowest BCUT2D eigenvalue weighted by Gasteiger charge is -2.40. The van der Waals surface area contributed by atoms with Gasteiger partial charge in [-0.2, -0.15) is 0 Å². The van der Waals surface area contributed by atoms with E-state index in [1.807, 2.05) is 30.3 Å². The average Bonchev–Trinajstić information content (AvgIpc) is 2.96. The van der Waals surface area contributed by atoms with Crippen molar-refractivity contribution in [2.75, 3.05) is 46.4 Å². The summed E-state index contributed by atoms with van der Waals surface area (Å²) in [5.74, 6) is 0.187. The molecule has 0 aliphatic carbocycles. The van der Waals surface area contributed by atoms with E-state index >= 15 is 0 Å². The van der Waals surface area contributed by atoms with E-state index in [0.29, 0.717) is 5.41 Å². The van der Waals surface area contributed by atoms with E-state index in [-0.39, 0.29) is 5.91 Å². The molecular weight excluding hydrogens is 276 g/mol. The number of benzene rings is 1. The summed E-state index contributed by atoms with van der Waals surface area (Å²) in [5.41, 5.74) is 1.11. The Morgan fingerprint density at radius 1 is 1.18 bits per heavy atom. The Hall–Kier alpha value is -1.39. The zero-order valence-corrected chi connectivity index (χ0v) is 13.5. The highest BCUT2D eigenvalue weighted by Gasteiger charge is 2.42. The van der Waals surface area contributed by atoms with Crippen LogP contribution in [0.5, 0.6) is 0 Å². The molecule has 2 aliphatic rings. The molecule has 22 heavy (non-hydrogen) atoms. The Morgan fingerprint density at radius 3 is 2.77 bits per heavy atom. The van der Waals surface area contributed by atoms with E-state index < -0.39 is 0 Å². The first-order valence-electron chi connectivity index (χ1n) is 8.28. The number of carbonyl (C=O) groups excluding carboxylic acids is 1. The van der Waals surface area contributed by atoms with Gasteiger partial charge in [-0.05, 0) is 37.9 Å². The van der Waals surface area contributed by atoms with Crippen molar-refractivity contribution in [3.8, 4) is 0 Å². The lowest BCUT2D eigenvalue weighted by molar-refractivity contribution is 0.0601. The molecule has 1 atom stereocenters. The molecule has 3 rings (SSSR count). The maximum atomic E-state index is 12.6. The molecule has 0 bridgehead atoms. The number of rotatable bonds is 4. The van der Waals surface area contributed by atoms with E-state index in [9.17, 15) is 4.79 Å². The highest BCUT2D eigenvalue weighted by molar-refractivity contribution is 5.94. The summed E-state index contributed by atoms with van der Waals surface area (Å²) in [7, 11) is 1.76. The maximum Gasteiger partial charge on any atom is 0.253 e. The predicted octanol–water partition coefficient (Wildman–Crippen LogP) is 2.26. The van der Waals surface area contributed by atoms with E-state index in [1.54, 1.807) is 7.11 Å². The summed E-state index contributed by atoms with van der Waals surface area (Å²) in [4.78, 5) is 17.2. The van der Waals surface area contributed by atoms with Gasteiger partial charge in [0.05, 0.1) is 6.61 Å². The van der Waals surface area contributed by atoms with Crippen LogP contribution in [0.1, 0.15) is 29.6 Å². The van der Waals surface area contributed by atoms with Crippen LogP contribution in [-0.4, -0.2) is 62.1 Å². The van der Waals surface area contributed by atoms with Crippen molar-refractivity contribution >= 4 is 5.91 Å². The Labute approximate surface area is 133 Å². The number of amides is 1. The molecule has 1 aromatic rings. The van der Waals surface area contributed by atoms with E-state index in [0.717, 1.165) is 51.3 Å². The monoisotopic (exact) mass is 302 g/mol. The zero-order valence-electron chi connectivity index (χ0n) is 13.5. The van der Waals surface area contributed by atoms with Gasteiger partial charge in [-0.25, -0.2) is 0 Å². The van der Waals surface area contributed by atoms with Crippen LogP contribution in [-0.2, 0) is 4.74 Å². The molecule has 1 unspecified atom stereocenters. The van der Waals surface area contributed by atoms with Crippen molar-refractivity contribution in [1.82, 2.24) is 9.80 Å². The van der Waals surface area contributed by atoms with Crippen LogP contribution < -0.4 is 0 Å². The van der Waals surface area contributed by atoms with Crippen molar-refractivity contribution in [2.24, 2.45) is 5.41 Å². The molecule has 0 saturated carbocycles. The number of methoxy groups -OCH3 is 1. The fourth-order valence-electron chi connectivity index (χ4n) is 3.93. The molecule has 4 nitrogen and oxygen atoms in total. The van der Waals surface area contributed by atoms with Gasteiger partial charge in [-0.3, -0.25) is 4.79 Å². The molecule has 0 aromatic heterocycles. The first-order chi connectivity index (χ1) is 10.7. The SMILES string of the molecule is COCCN1CCCC2(CCN(C(=O)c3ccccc3)C2)C1. The van der Waals surface area contributed by atoms with E-state index in [1.165, 1.54) is 12.8 Å². The summed E-state index contributed by atoms with van der Waals surface area (Å²) in [6.45, 7) is 5.87. The smallest absolute Gasteiger partial charge is 0.253 e. The Morgan fingerprint density at radius 2 is 2.00 bits per heavy atom. The Bertz CT molecular complexity index is 505. The molecule has 1 aromatic carbocycles. The molecule has 0 N–H and O–H groups in total. The molecule has 1 spiro atoms. The summed E-state index contributed by atoms with van der Waals surface area (Å²) in [6, 6.07) is 9.66. The van der Waals surface area contributed by atoms with Gasteiger partial charge < -0.3 is 14.5 Å². The highest BCUT2D eigenvalue weighted by atomic mass is 16.5. The molecular formula is C18H26N2O2. The zero-order chi connectivity index (χ0) is 15.4. The number of piperidine rings is 1. The van der Waals surface area contributed by atoms with Crippen LogP contribution in [0.15, 0.2) is 30.3 Å². The molecule has 1 amide bonds. The normalized spacial score (nSPS) is 25.8. The van der Waals surface area contributed by atoms with Crippen molar-refractivity contribution in [3.05, 3.63) is 35.9 Å². The second-order valence-electron chi connectivity index (χ2n) is 6.72. The van der Waals surface area contributed by atoms with Crippen LogP contribution >= 0.6 is 0 Å². The minimum atomic E-state index is 0.187. The van der Waals surface area contributed by atoms with Gasteiger partial charge in [-0.1, -0.05) is 18.2 Å². The number of carbonyl (C=O) groups is 1. The molecule has 2 saturated heterocycles. The van der Waals surface area contributed by atoms with E-state index in [4.69, 9.17) is 4.74 Å². The number of likely N-dealkylation sites (tertiary alicyclic amines) is 2. The third-order valence-corrected chi connectivity index (χ3v) is 5.10. The third kappa shape index (κ3) is 3.33. The molecule has 2 aliphatic heterocycles. The second kappa shape index (κ2) is 6.80. The van der Waals surface area contributed by atoms with Crippen LogP contribution in [0.2, 0.25) is 0 Å². The summed E-state index contributed by atoms with van der Waals surface area (Å²) in [6.07, 6.45) is 3.61. The summed E-state index contributed by atoms with van der Waals surface area (Å²) in [5, 5.41) is 0. The first-order valence-corrected chi connectivity index (χ1v) is 8.28. The van der Waals surface area contributed by atoms with Gasteiger partial charge in [0.1, 0.15) is 0 Å². The minimum absolute atomic E-state index is 0.187. The van der Waals surface area contributed by atoms with Gasteiger partial charge in [-0.15, -0.1) is 0 Å². The van der Waals surface area contributed by atoms with Gasteiger partial charge in [0, 0.05) is 44.3 Å². The standard InChI is InChI=1S/C18H26N2O2/c1-22-13-12-19-10-5-8-18(14-19)9-11-20(15-18)17(21)16-6-3-2-4-7-16/h2-4,6-7H,5,8-15H2,1H3. The fraction of sp³-hybridized carbons (Fsp3) is 0.611. The largest absolute Gasteiger partial charge is 0.383 e. The van der Waals surface area contributed by atoms with Gasteiger partial charge in [0.15, 0.2) is 0 Å². The topological polar surface area (TPSA) is 32.8 Å². The number of hydrogen-bond donors (Lipinski definition) is 0. The van der Waals surface area contributed by atoms with Crippen molar-refractivity contribution < 1.29 is 9.53 Å². The summed E-state index contributed by atoms with van der Waals surface area (Å²) < 4.78 is 5.21. The summed E-state index contributed by atoms with van der Waals surface area (Å²) >= 11 is 0. The fourth-order valence-corrected chi connectivity index (χ4v) is 3.93. The molecule has 2 fully saturated rings. The molecule has 120 valence electrons. The lowest BCUT2D eigenvalue weighted by atomic mass is 9.79. The second-order valence-corrected chi connectivity index (χ2v) is 6.72. The molecule has 0 radical (unpaired) electrons. The van der Waals surface area contributed by atoms with Crippen LogP contribution in [0.4, 0.5) is 0 Å². The first kappa shape index (κ1) is 15.5. The van der Waals surface area contributed by atoms with Gasteiger partial charge in [0.2, 0.25) is 0 Å². The predicted molar refractivity (Wildman–Crippen MR) is 86.9 cm³/mol. The van der Waals surface area contributed by atoms with Gasteiger partial charge in [0.25, 0.3) is 5.91 Å². The molecule has 4 heteroatoms. The number of nitrogens with zero attached hydrogens (tertiary/aromatic N) is 2. The van der Waals surface area contributed by atoms with Gasteiger partial charge >= 0.3 is 0 Å². The maximum absolute atomic E-state index is 12.6. The van der Waals surface area contributed by atoms with Crippen molar-refractivity contribution in [3.63, 3.8) is 0 Å². The molecule has 2 heterocycles. The van der Waals surface area contributed by atoms with Crippen LogP contribution in [0, 0.1) is 5.41 Å². The average molecular weight is 302 g/mol. The Kier molecular flexibility index (Phi) is 4.79. The van der Waals surface area contributed by atoms with Crippen LogP contribution in [0.3, 0.4) is 0 Å². The minimum Gasteiger partial charge on any atom is -0.383 e.